The van der Waals surface area contributed by atoms with Gasteiger partial charge in [-0.15, -0.1) is 0 Å². The van der Waals surface area contributed by atoms with Crippen LogP contribution in [0.3, 0.4) is 0 Å². The first-order chi connectivity index (χ1) is 8.56. The van der Waals surface area contributed by atoms with Gasteiger partial charge >= 0.3 is 11.6 Å². The van der Waals surface area contributed by atoms with Gasteiger partial charge in [-0.2, -0.15) is 0 Å². The molecule has 1 aromatic heterocycles. The highest BCUT2D eigenvalue weighted by Crippen LogP contribution is 2.39. The van der Waals surface area contributed by atoms with Crippen LogP contribution < -0.4 is 10.4 Å². The van der Waals surface area contributed by atoms with Crippen molar-refractivity contribution in [2.75, 3.05) is 0 Å². The zero-order valence-electron chi connectivity index (χ0n) is 9.58. The third-order valence-electron chi connectivity index (χ3n) is 3.03. The maximum absolute atomic E-state index is 11.4. The minimum atomic E-state index is -0.469. The van der Waals surface area contributed by atoms with Crippen LogP contribution in [0.2, 0.25) is 5.02 Å². The Labute approximate surface area is 107 Å². The van der Waals surface area contributed by atoms with E-state index in [1.54, 1.807) is 0 Å². The fraction of sp³-hybridized carbons (Fsp3) is 0.231. The van der Waals surface area contributed by atoms with Crippen molar-refractivity contribution in [1.29, 1.82) is 0 Å². The molecule has 1 aromatic carbocycles. The highest BCUT2D eigenvalue weighted by atomic mass is 35.5. The van der Waals surface area contributed by atoms with Crippen LogP contribution in [0, 0.1) is 6.92 Å². The van der Waals surface area contributed by atoms with Crippen LogP contribution in [0.4, 0.5) is 0 Å². The molecule has 2 heterocycles. The molecule has 0 aliphatic carbocycles. The van der Waals surface area contributed by atoms with E-state index in [0.29, 0.717) is 18.6 Å². The molecule has 0 bridgehead atoms. The van der Waals surface area contributed by atoms with Crippen molar-refractivity contribution in [3.8, 4) is 5.75 Å². The largest absolute Gasteiger partial charge is 0.424 e. The summed E-state index contributed by atoms with van der Waals surface area (Å²) in [6, 6.07) is 3.28. The molecule has 0 fully saturated rings. The van der Waals surface area contributed by atoms with Crippen molar-refractivity contribution in [3.63, 3.8) is 0 Å². The Bertz CT molecular complexity index is 730. The summed E-state index contributed by atoms with van der Waals surface area (Å²) in [6.45, 7) is 1.82. The predicted molar refractivity (Wildman–Crippen MR) is 66.2 cm³/mol. The molecule has 0 spiro atoms. The summed E-state index contributed by atoms with van der Waals surface area (Å²) < 4.78 is 10.2. The Kier molecular flexibility index (Phi) is 2.41. The zero-order chi connectivity index (χ0) is 12.9. The van der Waals surface area contributed by atoms with Crippen LogP contribution in [0.1, 0.15) is 17.5 Å². The lowest BCUT2D eigenvalue weighted by Gasteiger charge is -2.17. The first kappa shape index (κ1) is 11.3. The van der Waals surface area contributed by atoms with E-state index in [4.69, 9.17) is 20.8 Å². The molecule has 2 aromatic rings. The van der Waals surface area contributed by atoms with Gasteiger partial charge in [0.15, 0.2) is 11.3 Å². The Hall–Kier alpha value is -1.81. The van der Waals surface area contributed by atoms with Crippen molar-refractivity contribution in [2.24, 2.45) is 0 Å². The summed E-state index contributed by atoms with van der Waals surface area (Å²) in [5.41, 5.74) is 1.46. The molecule has 1 aliphatic rings. The van der Waals surface area contributed by atoms with E-state index in [-0.39, 0.29) is 16.6 Å². The van der Waals surface area contributed by atoms with Gasteiger partial charge in [-0.05, 0) is 30.5 Å². The van der Waals surface area contributed by atoms with E-state index in [1.165, 1.54) is 6.07 Å². The molecule has 0 amide bonds. The van der Waals surface area contributed by atoms with Crippen LogP contribution in [-0.2, 0) is 11.2 Å². The van der Waals surface area contributed by atoms with Gasteiger partial charge in [-0.25, -0.2) is 4.79 Å². The average Bonchev–Trinajstić information content (AvgIpc) is 2.32. The van der Waals surface area contributed by atoms with Crippen LogP contribution in [0.5, 0.6) is 5.75 Å². The Morgan fingerprint density at radius 3 is 2.78 bits per heavy atom. The Morgan fingerprint density at radius 1 is 1.22 bits per heavy atom. The Balaban J connectivity index is 2.41. The lowest BCUT2D eigenvalue weighted by atomic mass is 10.0. The number of carbonyl (C=O) groups is 1. The lowest BCUT2D eigenvalue weighted by molar-refractivity contribution is -0.135. The van der Waals surface area contributed by atoms with Gasteiger partial charge in [0, 0.05) is 11.5 Å². The molecule has 18 heavy (non-hydrogen) atoms. The first-order valence-electron chi connectivity index (χ1n) is 5.53. The third kappa shape index (κ3) is 1.61. The lowest BCUT2D eigenvalue weighted by Crippen LogP contribution is -2.16. The summed E-state index contributed by atoms with van der Waals surface area (Å²) in [5, 5.41) is 0.965. The van der Waals surface area contributed by atoms with Gasteiger partial charge in [0.2, 0.25) is 0 Å². The second kappa shape index (κ2) is 3.85. The Morgan fingerprint density at radius 2 is 2.00 bits per heavy atom. The van der Waals surface area contributed by atoms with Crippen molar-refractivity contribution in [1.82, 2.24) is 0 Å². The van der Waals surface area contributed by atoms with E-state index in [1.807, 2.05) is 13.0 Å². The summed E-state index contributed by atoms with van der Waals surface area (Å²) in [4.78, 5) is 22.6. The number of esters is 1. The molecule has 3 rings (SSSR count). The van der Waals surface area contributed by atoms with E-state index in [0.717, 1.165) is 16.5 Å². The number of ether oxygens (including phenoxy) is 1. The third-order valence-corrected chi connectivity index (χ3v) is 3.37. The van der Waals surface area contributed by atoms with E-state index < -0.39 is 5.63 Å². The molecule has 0 saturated carbocycles. The maximum Gasteiger partial charge on any atom is 0.336 e. The van der Waals surface area contributed by atoms with Gasteiger partial charge in [-0.3, -0.25) is 4.79 Å². The van der Waals surface area contributed by atoms with Gasteiger partial charge < -0.3 is 9.15 Å². The second-order valence-electron chi connectivity index (χ2n) is 4.28. The summed E-state index contributed by atoms with van der Waals surface area (Å²) in [6.07, 6.45) is 0.924. The van der Waals surface area contributed by atoms with E-state index >= 15 is 0 Å². The summed E-state index contributed by atoms with van der Waals surface area (Å²) in [7, 11) is 0. The molecule has 1 aliphatic heterocycles. The number of aryl methyl sites for hydroxylation is 2. The summed E-state index contributed by atoms with van der Waals surface area (Å²) in [5.74, 6) is -0.00656. The monoisotopic (exact) mass is 264 g/mol. The smallest absolute Gasteiger partial charge is 0.336 e. The van der Waals surface area contributed by atoms with E-state index in [9.17, 15) is 9.59 Å². The van der Waals surface area contributed by atoms with Crippen LogP contribution >= 0.6 is 11.6 Å². The minimum absolute atomic E-state index is 0.191. The van der Waals surface area contributed by atoms with Gasteiger partial charge in [-0.1, -0.05) is 11.6 Å². The van der Waals surface area contributed by atoms with Crippen molar-refractivity contribution >= 4 is 28.5 Å². The standard InChI is InChI=1S/C13H9ClO4/c1-6-4-10(16)18-13-8(6)5-7-2-3-9(15)17-12(7)11(13)14/h4-5H,2-3H2,1H3. The highest BCUT2D eigenvalue weighted by Gasteiger charge is 2.23. The zero-order valence-corrected chi connectivity index (χ0v) is 10.3. The van der Waals surface area contributed by atoms with E-state index in [2.05, 4.69) is 0 Å². The van der Waals surface area contributed by atoms with Crippen molar-refractivity contribution < 1.29 is 13.9 Å². The maximum atomic E-state index is 11.4. The molecule has 4 nitrogen and oxygen atoms in total. The van der Waals surface area contributed by atoms with Crippen LogP contribution in [0.15, 0.2) is 21.3 Å². The average molecular weight is 265 g/mol. The molecule has 92 valence electrons. The SMILES string of the molecule is Cc1cc(=O)oc2c(Cl)c3c(cc12)CCC(=O)O3. The molecule has 0 unspecified atom stereocenters. The first-order valence-corrected chi connectivity index (χ1v) is 5.90. The highest BCUT2D eigenvalue weighted by molar-refractivity contribution is 6.36. The number of halogens is 1. The van der Waals surface area contributed by atoms with Crippen LogP contribution in [-0.4, -0.2) is 5.97 Å². The van der Waals surface area contributed by atoms with Crippen LogP contribution in [0.25, 0.3) is 11.0 Å². The number of rotatable bonds is 0. The molecule has 5 heteroatoms. The van der Waals surface area contributed by atoms with Crippen molar-refractivity contribution in [3.05, 3.63) is 38.7 Å². The van der Waals surface area contributed by atoms with Gasteiger partial charge in [0.05, 0.1) is 6.42 Å². The molecule has 0 radical (unpaired) electrons. The quantitative estimate of drug-likeness (QED) is 0.417. The summed E-state index contributed by atoms with van der Waals surface area (Å²) >= 11 is 6.16. The number of hydrogen-bond acceptors (Lipinski definition) is 4. The number of fused-ring (bicyclic) bond motifs is 2. The fourth-order valence-corrected chi connectivity index (χ4v) is 2.44. The number of hydrogen-bond donors (Lipinski definition) is 0. The molecular weight excluding hydrogens is 256 g/mol. The van der Waals surface area contributed by atoms with Crippen molar-refractivity contribution in [2.45, 2.75) is 19.8 Å². The topological polar surface area (TPSA) is 56.5 Å². The normalized spacial score (nSPS) is 14.4. The number of benzene rings is 1. The number of carbonyl (C=O) groups excluding carboxylic acids is 1. The molecular formula is C13H9ClO4. The predicted octanol–water partition coefficient (Wildman–Crippen LogP) is 2.61. The minimum Gasteiger partial charge on any atom is -0.424 e. The fourth-order valence-electron chi connectivity index (χ4n) is 2.14. The molecule has 0 N–H and O–H groups in total. The second-order valence-corrected chi connectivity index (χ2v) is 4.66. The molecule has 0 atom stereocenters. The van der Waals surface area contributed by atoms with Gasteiger partial charge in [0.1, 0.15) is 5.02 Å². The van der Waals surface area contributed by atoms with Gasteiger partial charge in [0.25, 0.3) is 0 Å². The molecule has 0 saturated heterocycles.